The second-order valence-corrected chi connectivity index (χ2v) is 3.99. The number of nitrogens with zero attached hydrogens (tertiary/aromatic N) is 1. The van der Waals surface area contributed by atoms with Gasteiger partial charge in [0.15, 0.2) is 6.61 Å². The van der Waals surface area contributed by atoms with Gasteiger partial charge in [0.1, 0.15) is 5.75 Å². The fraction of sp³-hybridized carbons (Fsp3) is 0.417. The molecule has 1 aromatic carbocycles. The number of hydrogen-bond donors (Lipinski definition) is 2. The van der Waals surface area contributed by atoms with Gasteiger partial charge in [-0.2, -0.15) is 0 Å². The standard InChI is InChI=1S/C12H16N2O3/c13-9-3-4-11-10(7-9)14(5-1-2-6-15)12(16)8-17-11/h3-4,7,15H,1-2,5-6,8,13H2. The van der Waals surface area contributed by atoms with Crippen molar-refractivity contribution in [3.8, 4) is 5.75 Å². The number of amides is 1. The van der Waals surface area contributed by atoms with Crippen LogP contribution in [0.2, 0.25) is 0 Å². The maximum absolute atomic E-state index is 11.8. The van der Waals surface area contributed by atoms with Crippen LogP contribution >= 0.6 is 0 Å². The van der Waals surface area contributed by atoms with Crippen LogP contribution in [-0.2, 0) is 4.79 Å². The number of aliphatic hydroxyl groups excluding tert-OH is 1. The van der Waals surface area contributed by atoms with Crippen molar-refractivity contribution in [1.82, 2.24) is 0 Å². The number of nitrogen functional groups attached to an aromatic ring is 1. The molecule has 5 heteroatoms. The summed E-state index contributed by atoms with van der Waals surface area (Å²) in [5.74, 6) is 0.615. The van der Waals surface area contributed by atoms with E-state index in [9.17, 15) is 4.79 Å². The first kappa shape index (κ1) is 11.7. The number of ether oxygens (including phenoxy) is 1. The molecule has 0 atom stereocenters. The normalized spacial score (nSPS) is 14.4. The van der Waals surface area contributed by atoms with Crippen LogP contribution in [0.1, 0.15) is 12.8 Å². The summed E-state index contributed by atoms with van der Waals surface area (Å²) in [5, 5.41) is 8.75. The van der Waals surface area contributed by atoms with Gasteiger partial charge in [-0.1, -0.05) is 0 Å². The van der Waals surface area contributed by atoms with E-state index in [0.717, 1.165) is 12.1 Å². The minimum Gasteiger partial charge on any atom is -0.482 e. The van der Waals surface area contributed by atoms with Crippen LogP contribution in [-0.4, -0.2) is 30.8 Å². The van der Waals surface area contributed by atoms with E-state index >= 15 is 0 Å². The molecule has 1 aliphatic rings. The second kappa shape index (κ2) is 5.05. The van der Waals surface area contributed by atoms with Crippen LogP contribution in [0.25, 0.3) is 0 Å². The predicted molar refractivity (Wildman–Crippen MR) is 65.0 cm³/mol. The number of anilines is 2. The molecule has 17 heavy (non-hydrogen) atoms. The molecule has 3 N–H and O–H groups in total. The molecular formula is C12H16N2O3. The molecule has 1 aromatic rings. The molecule has 0 bridgehead atoms. The van der Waals surface area contributed by atoms with Gasteiger partial charge in [0.25, 0.3) is 5.91 Å². The lowest BCUT2D eigenvalue weighted by atomic mass is 10.2. The van der Waals surface area contributed by atoms with E-state index in [0.29, 0.717) is 24.4 Å². The fourth-order valence-corrected chi connectivity index (χ4v) is 1.85. The Kier molecular flexibility index (Phi) is 3.49. The molecule has 0 saturated carbocycles. The number of rotatable bonds is 4. The van der Waals surface area contributed by atoms with Crippen molar-refractivity contribution in [3.05, 3.63) is 18.2 Å². The van der Waals surface area contributed by atoms with Crippen LogP contribution in [0.4, 0.5) is 11.4 Å². The number of aliphatic hydroxyl groups is 1. The highest BCUT2D eigenvalue weighted by Crippen LogP contribution is 2.33. The summed E-state index contributed by atoms with van der Waals surface area (Å²) >= 11 is 0. The first-order valence-corrected chi connectivity index (χ1v) is 5.66. The lowest BCUT2D eigenvalue weighted by Crippen LogP contribution is -2.39. The van der Waals surface area contributed by atoms with Crippen molar-refractivity contribution in [1.29, 1.82) is 0 Å². The van der Waals surface area contributed by atoms with Crippen LogP contribution in [0, 0.1) is 0 Å². The van der Waals surface area contributed by atoms with Gasteiger partial charge in [0.2, 0.25) is 0 Å². The van der Waals surface area contributed by atoms with E-state index in [1.54, 1.807) is 23.1 Å². The Labute approximate surface area is 99.8 Å². The third-order valence-electron chi connectivity index (χ3n) is 2.72. The minimum atomic E-state index is -0.0685. The molecule has 1 aliphatic heterocycles. The Morgan fingerprint density at radius 2 is 2.24 bits per heavy atom. The molecule has 1 amide bonds. The Balaban J connectivity index is 2.20. The average Bonchev–Trinajstić information content (AvgIpc) is 2.32. The molecule has 0 unspecified atom stereocenters. The zero-order valence-electron chi connectivity index (χ0n) is 9.56. The van der Waals surface area contributed by atoms with Crippen LogP contribution in [0.5, 0.6) is 5.75 Å². The summed E-state index contributed by atoms with van der Waals surface area (Å²) in [4.78, 5) is 13.4. The van der Waals surface area contributed by atoms with Gasteiger partial charge in [-0.25, -0.2) is 0 Å². The van der Waals surface area contributed by atoms with E-state index in [2.05, 4.69) is 0 Å². The van der Waals surface area contributed by atoms with Gasteiger partial charge in [0.05, 0.1) is 5.69 Å². The van der Waals surface area contributed by atoms with Crippen molar-refractivity contribution in [2.45, 2.75) is 12.8 Å². The van der Waals surface area contributed by atoms with Gasteiger partial charge in [-0.15, -0.1) is 0 Å². The Bertz CT molecular complexity index is 420. The lowest BCUT2D eigenvalue weighted by Gasteiger charge is -2.29. The largest absolute Gasteiger partial charge is 0.482 e. The SMILES string of the molecule is Nc1ccc2c(c1)N(CCCCO)C(=O)CO2. The number of carbonyl (C=O) groups excluding carboxylic acids is 1. The fourth-order valence-electron chi connectivity index (χ4n) is 1.85. The number of unbranched alkanes of at least 4 members (excludes halogenated alkanes) is 1. The first-order valence-electron chi connectivity index (χ1n) is 5.66. The zero-order chi connectivity index (χ0) is 12.3. The number of hydrogen-bond acceptors (Lipinski definition) is 4. The molecule has 1 heterocycles. The average molecular weight is 236 g/mol. The number of benzene rings is 1. The third-order valence-corrected chi connectivity index (χ3v) is 2.72. The van der Waals surface area contributed by atoms with E-state index in [1.165, 1.54) is 0 Å². The minimum absolute atomic E-state index is 0.0655. The molecule has 0 radical (unpaired) electrons. The van der Waals surface area contributed by atoms with Gasteiger partial charge in [-0.05, 0) is 31.0 Å². The van der Waals surface area contributed by atoms with Crippen molar-refractivity contribution in [2.24, 2.45) is 0 Å². The van der Waals surface area contributed by atoms with Gasteiger partial charge < -0.3 is 20.5 Å². The molecule has 0 aromatic heterocycles. The molecular weight excluding hydrogens is 220 g/mol. The summed E-state index contributed by atoms with van der Waals surface area (Å²) in [6, 6.07) is 5.27. The summed E-state index contributed by atoms with van der Waals surface area (Å²) < 4.78 is 5.33. The van der Waals surface area contributed by atoms with Crippen molar-refractivity contribution < 1.29 is 14.6 Å². The first-order chi connectivity index (χ1) is 8.22. The summed E-state index contributed by atoms with van der Waals surface area (Å²) in [7, 11) is 0. The highest BCUT2D eigenvalue weighted by molar-refractivity contribution is 5.98. The van der Waals surface area contributed by atoms with E-state index in [1.807, 2.05) is 0 Å². The highest BCUT2D eigenvalue weighted by Gasteiger charge is 2.24. The van der Waals surface area contributed by atoms with Crippen molar-refractivity contribution in [3.63, 3.8) is 0 Å². The Morgan fingerprint density at radius 1 is 1.41 bits per heavy atom. The van der Waals surface area contributed by atoms with Crippen LogP contribution < -0.4 is 15.4 Å². The van der Waals surface area contributed by atoms with E-state index in [-0.39, 0.29) is 19.1 Å². The highest BCUT2D eigenvalue weighted by atomic mass is 16.5. The number of fused-ring (bicyclic) bond motifs is 1. The molecule has 0 saturated heterocycles. The van der Waals surface area contributed by atoms with Crippen molar-refractivity contribution in [2.75, 3.05) is 30.4 Å². The van der Waals surface area contributed by atoms with Crippen LogP contribution in [0.15, 0.2) is 18.2 Å². The smallest absolute Gasteiger partial charge is 0.265 e. The maximum Gasteiger partial charge on any atom is 0.265 e. The topological polar surface area (TPSA) is 75.8 Å². The maximum atomic E-state index is 11.8. The molecule has 0 aliphatic carbocycles. The monoisotopic (exact) mass is 236 g/mol. The molecule has 0 spiro atoms. The number of carbonyl (C=O) groups is 1. The Morgan fingerprint density at radius 3 is 3.00 bits per heavy atom. The lowest BCUT2D eigenvalue weighted by molar-refractivity contribution is -0.121. The summed E-state index contributed by atoms with van der Waals surface area (Å²) in [5.41, 5.74) is 7.04. The Hall–Kier alpha value is -1.75. The predicted octanol–water partition coefficient (Wildman–Crippen LogP) is 0.767. The zero-order valence-corrected chi connectivity index (χ0v) is 9.56. The van der Waals surface area contributed by atoms with Crippen molar-refractivity contribution >= 4 is 17.3 Å². The second-order valence-electron chi connectivity index (χ2n) is 3.99. The molecule has 92 valence electrons. The third kappa shape index (κ3) is 2.50. The van der Waals surface area contributed by atoms with Gasteiger partial charge in [0, 0.05) is 18.8 Å². The van der Waals surface area contributed by atoms with Gasteiger partial charge >= 0.3 is 0 Å². The summed E-state index contributed by atoms with van der Waals surface area (Å²) in [6.07, 6.45) is 1.44. The van der Waals surface area contributed by atoms with E-state index in [4.69, 9.17) is 15.6 Å². The number of nitrogens with two attached hydrogens (primary N) is 1. The molecule has 5 nitrogen and oxygen atoms in total. The quantitative estimate of drug-likeness (QED) is 0.598. The van der Waals surface area contributed by atoms with Gasteiger partial charge in [-0.3, -0.25) is 4.79 Å². The van der Waals surface area contributed by atoms with Crippen LogP contribution in [0.3, 0.4) is 0 Å². The summed E-state index contributed by atoms with van der Waals surface area (Å²) in [6.45, 7) is 0.789. The molecule has 2 rings (SSSR count). The van der Waals surface area contributed by atoms with E-state index < -0.39 is 0 Å². The molecule has 0 fully saturated rings.